The molecule has 1 saturated heterocycles. The number of piperidine rings is 1. The minimum atomic E-state index is -0.588. The van der Waals surface area contributed by atoms with E-state index < -0.39 is 11.8 Å². The molecule has 0 unspecified atom stereocenters. The minimum absolute atomic E-state index is 0.0737. The molecule has 0 spiro atoms. The average Bonchev–Trinajstić information content (AvgIpc) is 2.95. The van der Waals surface area contributed by atoms with Gasteiger partial charge in [-0.25, -0.2) is 25.5 Å². The molecule has 11 nitrogen and oxygen atoms in total. The molecule has 12 heteroatoms. The van der Waals surface area contributed by atoms with E-state index in [9.17, 15) is 9.18 Å². The Morgan fingerprint density at radius 1 is 1.15 bits per heavy atom. The number of carbonyl (C=O) groups excluding carboxylic acids is 1. The fourth-order valence-electron chi connectivity index (χ4n) is 4.57. The topological polar surface area (TPSA) is 155 Å². The number of urea groups is 1. The molecule has 39 heavy (non-hydrogen) atoms. The van der Waals surface area contributed by atoms with Gasteiger partial charge in [0.05, 0.1) is 18.0 Å². The number of hydrogen-bond acceptors (Lipinski definition) is 8. The number of para-hydroxylation sites is 1. The van der Waals surface area contributed by atoms with Crippen molar-refractivity contribution in [2.45, 2.75) is 18.9 Å². The predicted molar refractivity (Wildman–Crippen MR) is 152 cm³/mol. The average molecular weight is 536 g/mol. The Morgan fingerprint density at radius 2 is 1.90 bits per heavy atom. The quantitative estimate of drug-likeness (QED) is 0.100. The van der Waals surface area contributed by atoms with Gasteiger partial charge in [-0.15, -0.1) is 5.10 Å². The van der Waals surface area contributed by atoms with Gasteiger partial charge in [-0.1, -0.05) is 36.4 Å². The van der Waals surface area contributed by atoms with Crippen LogP contribution in [0.2, 0.25) is 0 Å². The van der Waals surface area contributed by atoms with Crippen molar-refractivity contribution < 1.29 is 13.9 Å². The molecule has 8 N–H and O–H groups in total. The third kappa shape index (κ3) is 7.19. The number of hydrazone groups is 1. The minimum Gasteiger partial charge on any atom is -0.383 e. The first-order valence-electron chi connectivity index (χ1n) is 12.7. The molecule has 1 fully saturated rings. The second-order valence-corrected chi connectivity index (χ2v) is 9.00. The lowest BCUT2D eigenvalue weighted by Crippen LogP contribution is -2.45. The van der Waals surface area contributed by atoms with E-state index in [0.717, 1.165) is 25.9 Å². The number of ether oxygens (including phenoxy) is 1. The Hall–Kier alpha value is -4.26. The summed E-state index contributed by atoms with van der Waals surface area (Å²) in [5.74, 6) is 5.68. The van der Waals surface area contributed by atoms with E-state index in [1.54, 1.807) is 25.3 Å². The number of nitrogens with one attached hydrogen (secondary N) is 4. The van der Waals surface area contributed by atoms with Crippen molar-refractivity contribution in [1.82, 2.24) is 15.8 Å². The molecule has 3 aromatic rings. The number of rotatable bonds is 10. The number of amidine groups is 1. The third-order valence-electron chi connectivity index (χ3n) is 6.44. The number of halogens is 1. The predicted octanol–water partition coefficient (Wildman–Crippen LogP) is 2.82. The molecule has 2 aromatic carbocycles. The van der Waals surface area contributed by atoms with Crippen LogP contribution in [0.1, 0.15) is 18.4 Å². The number of nitrogens with zero attached hydrogens (tertiary/aromatic N) is 3. The highest BCUT2D eigenvalue weighted by Crippen LogP contribution is 2.30. The zero-order chi connectivity index (χ0) is 27.6. The van der Waals surface area contributed by atoms with Gasteiger partial charge in [-0.05, 0) is 44.1 Å². The van der Waals surface area contributed by atoms with Gasteiger partial charge < -0.3 is 31.3 Å². The lowest BCUT2D eigenvalue weighted by atomic mass is 10.0. The molecule has 2 heterocycles. The zero-order valence-electron chi connectivity index (χ0n) is 21.8. The first-order chi connectivity index (χ1) is 19.0. The molecular weight excluding hydrogens is 501 g/mol. The molecule has 1 aromatic heterocycles. The summed E-state index contributed by atoms with van der Waals surface area (Å²) >= 11 is 0. The summed E-state index contributed by atoms with van der Waals surface area (Å²) in [6.07, 6.45) is 1.87. The number of nitrogens with two attached hydrogens (primary N) is 2. The van der Waals surface area contributed by atoms with Crippen molar-refractivity contribution in [1.29, 1.82) is 0 Å². The van der Waals surface area contributed by atoms with Crippen LogP contribution in [0.4, 0.5) is 26.4 Å². The second-order valence-electron chi connectivity index (χ2n) is 9.00. The van der Waals surface area contributed by atoms with Crippen LogP contribution in [0.5, 0.6) is 0 Å². The van der Waals surface area contributed by atoms with Gasteiger partial charge in [0.2, 0.25) is 0 Å². The summed E-state index contributed by atoms with van der Waals surface area (Å²) in [5.41, 5.74) is 10.8. The van der Waals surface area contributed by atoms with Crippen LogP contribution < -0.4 is 38.0 Å². The van der Waals surface area contributed by atoms with Crippen LogP contribution in [0.15, 0.2) is 65.8 Å². The zero-order valence-corrected chi connectivity index (χ0v) is 21.8. The molecule has 4 rings (SSSR count). The van der Waals surface area contributed by atoms with E-state index in [-0.39, 0.29) is 17.6 Å². The number of hydrogen-bond donors (Lipinski definition) is 6. The molecule has 0 bridgehead atoms. The monoisotopic (exact) mass is 535 g/mol. The van der Waals surface area contributed by atoms with Crippen LogP contribution in [0.3, 0.4) is 0 Å². The molecule has 1 aliphatic rings. The molecule has 0 atom stereocenters. The van der Waals surface area contributed by atoms with E-state index in [1.165, 1.54) is 12.1 Å². The third-order valence-corrected chi connectivity index (χ3v) is 6.44. The Kier molecular flexibility index (Phi) is 9.62. The SMILES string of the molecule is COCCN(c1cc(NC(=O)Nc2ccccc2F)cc(-c2ccccc2/C(N)=N/NN)n1)C1CCNCC1. The van der Waals surface area contributed by atoms with Gasteiger partial charge in [0.15, 0.2) is 5.84 Å². The number of aromatic nitrogens is 1. The van der Waals surface area contributed by atoms with Crippen LogP contribution in [-0.4, -0.2) is 56.2 Å². The van der Waals surface area contributed by atoms with Gasteiger partial charge in [0.25, 0.3) is 0 Å². The first-order valence-corrected chi connectivity index (χ1v) is 12.7. The van der Waals surface area contributed by atoms with E-state index in [0.29, 0.717) is 41.5 Å². The summed E-state index contributed by atoms with van der Waals surface area (Å²) in [6, 6.07) is 16.5. The van der Waals surface area contributed by atoms with Crippen molar-refractivity contribution in [3.8, 4) is 11.3 Å². The normalized spacial score (nSPS) is 14.1. The van der Waals surface area contributed by atoms with Crippen molar-refractivity contribution in [2.24, 2.45) is 16.7 Å². The van der Waals surface area contributed by atoms with E-state index >= 15 is 0 Å². The first kappa shape index (κ1) is 27.8. The van der Waals surface area contributed by atoms with Crippen LogP contribution in [0.25, 0.3) is 11.3 Å². The maximum atomic E-state index is 14.1. The van der Waals surface area contributed by atoms with Crippen molar-refractivity contribution in [3.63, 3.8) is 0 Å². The summed E-state index contributed by atoms with van der Waals surface area (Å²) in [6.45, 7) is 2.91. The van der Waals surface area contributed by atoms with Crippen LogP contribution >= 0.6 is 0 Å². The number of pyridine rings is 1. The summed E-state index contributed by atoms with van der Waals surface area (Å²) in [5, 5.41) is 12.7. The molecule has 2 amide bonds. The fraction of sp³-hybridized carbons (Fsp3) is 0.296. The lowest BCUT2D eigenvalue weighted by Gasteiger charge is -2.36. The van der Waals surface area contributed by atoms with Gasteiger partial charge in [0, 0.05) is 42.6 Å². The molecule has 206 valence electrons. The number of anilines is 3. The number of hydrazine groups is 1. The van der Waals surface area contributed by atoms with E-state index in [2.05, 4.69) is 31.5 Å². The number of carbonyl (C=O) groups is 1. The Morgan fingerprint density at radius 3 is 2.64 bits per heavy atom. The molecule has 0 radical (unpaired) electrons. The summed E-state index contributed by atoms with van der Waals surface area (Å²) in [7, 11) is 1.66. The summed E-state index contributed by atoms with van der Waals surface area (Å²) in [4.78, 5) is 20.1. The highest BCUT2D eigenvalue weighted by molar-refractivity contribution is 6.04. The Balaban J connectivity index is 1.76. The molecule has 1 aliphatic heterocycles. The Bertz CT molecular complexity index is 1300. The highest BCUT2D eigenvalue weighted by atomic mass is 19.1. The maximum Gasteiger partial charge on any atom is 0.323 e. The van der Waals surface area contributed by atoms with Crippen LogP contribution in [-0.2, 0) is 4.74 Å². The number of amides is 2. The maximum absolute atomic E-state index is 14.1. The van der Waals surface area contributed by atoms with Gasteiger partial charge >= 0.3 is 6.03 Å². The smallest absolute Gasteiger partial charge is 0.323 e. The number of benzene rings is 2. The largest absolute Gasteiger partial charge is 0.383 e. The molecule has 0 aliphatic carbocycles. The standard InChI is InChI=1S/C27H34FN9O2/c1-39-15-14-37(19-10-12-31-13-11-19)25-17-18(32-27(38)34-23-9-5-4-8-22(23)28)16-24(33-25)20-6-2-3-7-21(20)26(29)35-36-30/h2-9,16-17,19,31,36H,10-15,30H2,1H3,(H2,29,35)(H2,32,33,34,38). The van der Waals surface area contributed by atoms with Crippen LogP contribution in [0, 0.1) is 5.82 Å². The van der Waals surface area contributed by atoms with Crippen molar-refractivity contribution in [3.05, 3.63) is 72.0 Å². The molecular formula is C27H34FN9O2. The second kappa shape index (κ2) is 13.5. The fourth-order valence-corrected chi connectivity index (χ4v) is 4.57. The van der Waals surface area contributed by atoms with Crippen molar-refractivity contribution in [2.75, 3.05) is 48.9 Å². The highest BCUT2D eigenvalue weighted by Gasteiger charge is 2.24. The Labute approximate surface area is 226 Å². The lowest BCUT2D eigenvalue weighted by molar-refractivity contribution is 0.201. The molecule has 0 saturated carbocycles. The van der Waals surface area contributed by atoms with Crippen molar-refractivity contribution >= 4 is 29.1 Å². The van der Waals surface area contributed by atoms with Gasteiger partial charge in [-0.3, -0.25) is 0 Å². The van der Waals surface area contributed by atoms with E-state index in [1.807, 2.05) is 30.3 Å². The van der Waals surface area contributed by atoms with Gasteiger partial charge in [0.1, 0.15) is 11.6 Å². The van der Waals surface area contributed by atoms with Gasteiger partial charge in [-0.2, -0.15) is 0 Å². The number of methoxy groups -OCH3 is 1. The summed E-state index contributed by atoms with van der Waals surface area (Å²) < 4.78 is 19.5. The van der Waals surface area contributed by atoms with E-state index in [4.69, 9.17) is 21.3 Å².